The van der Waals surface area contributed by atoms with Crippen molar-refractivity contribution in [1.29, 1.82) is 0 Å². The molecule has 0 spiro atoms. The number of carbonyl (C=O) groups is 2. The van der Waals surface area contributed by atoms with E-state index < -0.39 is 24.3 Å². The first-order chi connectivity index (χ1) is 11.4. The van der Waals surface area contributed by atoms with Crippen LogP contribution in [0.25, 0.3) is 0 Å². The summed E-state index contributed by atoms with van der Waals surface area (Å²) in [6.45, 7) is 1.34. The number of amides is 1. The van der Waals surface area contributed by atoms with Gasteiger partial charge in [-0.2, -0.15) is 0 Å². The van der Waals surface area contributed by atoms with Gasteiger partial charge in [0.05, 0.1) is 18.4 Å². The summed E-state index contributed by atoms with van der Waals surface area (Å²) in [6.07, 6.45) is 0. The topological polar surface area (TPSA) is 64.6 Å². The maximum absolute atomic E-state index is 13.6. The third-order valence-corrected chi connectivity index (χ3v) is 3.68. The summed E-state index contributed by atoms with van der Waals surface area (Å²) in [5, 5.41) is 2.57. The van der Waals surface area contributed by atoms with Crippen LogP contribution in [0.4, 0.5) is 10.1 Å². The standard InChI is InChI=1S/C17H15BrFNO4/c1-10-4-3-5-13(16(10)17(22)23-2)20-15(21)9-24-14-7-6-11(18)8-12(14)19/h3-8H,9H2,1-2H3,(H,20,21). The Morgan fingerprint density at radius 3 is 2.67 bits per heavy atom. The minimum Gasteiger partial charge on any atom is -0.481 e. The number of halogens is 2. The number of nitrogens with one attached hydrogen (secondary N) is 1. The van der Waals surface area contributed by atoms with Crippen molar-refractivity contribution in [3.63, 3.8) is 0 Å². The highest BCUT2D eigenvalue weighted by Crippen LogP contribution is 2.22. The van der Waals surface area contributed by atoms with Gasteiger partial charge in [0.25, 0.3) is 5.91 Å². The van der Waals surface area contributed by atoms with Gasteiger partial charge < -0.3 is 14.8 Å². The molecule has 0 aromatic heterocycles. The third kappa shape index (κ3) is 4.32. The fourth-order valence-corrected chi connectivity index (χ4v) is 2.40. The largest absolute Gasteiger partial charge is 0.481 e. The van der Waals surface area contributed by atoms with Crippen LogP contribution in [0.1, 0.15) is 15.9 Å². The summed E-state index contributed by atoms with van der Waals surface area (Å²) >= 11 is 3.14. The molecule has 1 N–H and O–H groups in total. The number of anilines is 1. The van der Waals surface area contributed by atoms with Crippen molar-refractivity contribution in [2.75, 3.05) is 19.0 Å². The van der Waals surface area contributed by atoms with E-state index in [0.29, 0.717) is 15.7 Å². The zero-order valence-corrected chi connectivity index (χ0v) is 14.6. The lowest BCUT2D eigenvalue weighted by atomic mass is 10.1. The number of benzene rings is 2. The highest BCUT2D eigenvalue weighted by Gasteiger charge is 2.17. The Kier molecular flexibility index (Phi) is 5.92. The number of aryl methyl sites for hydroxylation is 1. The summed E-state index contributed by atoms with van der Waals surface area (Å²) < 4.78 is 24.1. The van der Waals surface area contributed by atoms with Crippen LogP contribution < -0.4 is 10.1 Å². The maximum Gasteiger partial charge on any atom is 0.340 e. The number of hydrogen-bond donors (Lipinski definition) is 1. The maximum atomic E-state index is 13.6. The van der Waals surface area contributed by atoms with Crippen LogP contribution in [0, 0.1) is 12.7 Å². The molecule has 2 aromatic rings. The van der Waals surface area contributed by atoms with Crippen LogP contribution in [0.5, 0.6) is 5.75 Å². The SMILES string of the molecule is COC(=O)c1c(C)cccc1NC(=O)COc1ccc(Br)cc1F. The average Bonchev–Trinajstić information content (AvgIpc) is 2.53. The molecule has 0 radical (unpaired) electrons. The molecule has 126 valence electrons. The number of esters is 1. The van der Waals surface area contributed by atoms with Gasteiger partial charge in [-0.3, -0.25) is 4.79 Å². The monoisotopic (exact) mass is 395 g/mol. The molecular formula is C17H15BrFNO4. The van der Waals surface area contributed by atoms with Crippen LogP contribution in [0.3, 0.4) is 0 Å². The summed E-state index contributed by atoms with van der Waals surface area (Å²) in [6, 6.07) is 9.27. The minimum atomic E-state index is -0.581. The zero-order chi connectivity index (χ0) is 17.7. The molecule has 0 unspecified atom stereocenters. The molecule has 0 fully saturated rings. The number of carbonyl (C=O) groups excluding carboxylic acids is 2. The molecule has 2 rings (SSSR count). The predicted molar refractivity (Wildman–Crippen MR) is 90.7 cm³/mol. The first kappa shape index (κ1) is 17.9. The lowest BCUT2D eigenvalue weighted by Crippen LogP contribution is -2.22. The Morgan fingerprint density at radius 1 is 1.25 bits per heavy atom. The molecule has 0 atom stereocenters. The summed E-state index contributed by atoms with van der Waals surface area (Å²) in [7, 11) is 1.26. The molecule has 2 aromatic carbocycles. The molecule has 0 saturated carbocycles. The molecule has 24 heavy (non-hydrogen) atoms. The fraction of sp³-hybridized carbons (Fsp3) is 0.176. The van der Waals surface area contributed by atoms with E-state index in [1.54, 1.807) is 31.2 Å². The first-order valence-corrected chi connectivity index (χ1v) is 7.77. The summed E-state index contributed by atoms with van der Waals surface area (Å²) in [4.78, 5) is 23.9. The van der Waals surface area contributed by atoms with Crippen LogP contribution >= 0.6 is 15.9 Å². The zero-order valence-electron chi connectivity index (χ0n) is 13.1. The highest BCUT2D eigenvalue weighted by molar-refractivity contribution is 9.10. The van der Waals surface area contributed by atoms with E-state index in [9.17, 15) is 14.0 Å². The minimum absolute atomic E-state index is 0.0363. The fourth-order valence-electron chi connectivity index (χ4n) is 2.07. The van der Waals surface area contributed by atoms with Crippen LogP contribution in [-0.4, -0.2) is 25.6 Å². The number of rotatable bonds is 5. The lowest BCUT2D eigenvalue weighted by Gasteiger charge is -2.12. The number of methoxy groups -OCH3 is 1. The number of hydrogen-bond acceptors (Lipinski definition) is 4. The third-order valence-electron chi connectivity index (χ3n) is 3.19. The molecule has 1 amide bonds. The van der Waals surface area contributed by atoms with Gasteiger partial charge in [-0.1, -0.05) is 28.1 Å². The molecule has 0 bridgehead atoms. The van der Waals surface area contributed by atoms with Crippen molar-refractivity contribution in [3.8, 4) is 5.75 Å². The second kappa shape index (κ2) is 7.92. The Labute approximate surface area is 146 Å². The quantitative estimate of drug-likeness (QED) is 0.783. The average molecular weight is 396 g/mol. The summed E-state index contributed by atoms with van der Waals surface area (Å²) in [5.41, 5.74) is 1.24. The second-order valence-corrected chi connectivity index (χ2v) is 5.82. The van der Waals surface area contributed by atoms with Crippen LogP contribution in [0.2, 0.25) is 0 Å². The second-order valence-electron chi connectivity index (χ2n) is 4.90. The molecule has 0 heterocycles. The Bertz CT molecular complexity index is 779. The van der Waals surface area contributed by atoms with Crippen molar-refractivity contribution in [1.82, 2.24) is 0 Å². The van der Waals surface area contributed by atoms with E-state index in [4.69, 9.17) is 9.47 Å². The Morgan fingerprint density at radius 2 is 2.00 bits per heavy atom. The van der Waals surface area contributed by atoms with Gasteiger partial charge in [0.2, 0.25) is 0 Å². The van der Waals surface area contributed by atoms with Gasteiger partial charge in [-0.05, 0) is 36.8 Å². The van der Waals surface area contributed by atoms with E-state index in [1.165, 1.54) is 19.2 Å². The van der Waals surface area contributed by atoms with Gasteiger partial charge in [0, 0.05) is 4.47 Å². The van der Waals surface area contributed by atoms with Crippen molar-refractivity contribution >= 4 is 33.5 Å². The van der Waals surface area contributed by atoms with E-state index >= 15 is 0 Å². The molecule has 7 heteroatoms. The predicted octanol–water partition coefficient (Wildman–Crippen LogP) is 3.70. The molecular weight excluding hydrogens is 381 g/mol. The van der Waals surface area contributed by atoms with Gasteiger partial charge in [0.1, 0.15) is 0 Å². The molecule has 5 nitrogen and oxygen atoms in total. The first-order valence-electron chi connectivity index (χ1n) is 6.98. The Balaban J connectivity index is 2.08. The summed E-state index contributed by atoms with van der Waals surface area (Å²) in [5.74, 6) is -1.69. The molecule has 0 aliphatic carbocycles. The van der Waals surface area contributed by atoms with Gasteiger partial charge >= 0.3 is 5.97 Å². The van der Waals surface area contributed by atoms with Crippen LogP contribution in [-0.2, 0) is 9.53 Å². The molecule has 0 saturated heterocycles. The van der Waals surface area contributed by atoms with Crippen molar-refractivity contribution in [2.45, 2.75) is 6.92 Å². The van der Waals surface area contributed by atoms with E-state index in [0.717, 1.165) is 0 Å². The number of ether oxygens (including phenoxy) is 2. The smallest absolute Gasteiger partial charge is 0.340 e. The highest BCUT2D eigenvalue weighted by atomic mass is 79.9. The van der Waals surface area contributed by atoms with E-state index in [1.807, 2.05) is 0 Å². The van der Waals surface area contributed by atoms with Crippen LogP contribution in [0.15, 0.2) is 40.9 Å². The molecule has 0 aliphatic heterocycles. The lowest BCUT2D eigenvalue weighted by molar-refractivity contribution is -0.118. The van der Waals surface area contributed by atoms with Gasteiger partial charge in [0.15, 0.2) is 18.2 Å². The molecule has 0 aliphatic rings. The van der Waals surface area contributed by atoms with Crippen molar-refractivity contribution in [2.24, 2.45) is 0 Å². The van der Waals surface area contributed by atoms with Crippen molar-refractivity contribution < 1.29 is 23.5 Å². The van der Waals surface area contributed by atoms with Gasteiger partial charge in [-0.25, -0.2) is 9.18 Å². The Hall–Kier alpha value is -2.41. The normalized spacial score (nSPS) is 10.2. The van der Waals surface area contributed by atoms with Gasteiger partial charge in [-0.15, -0.1) is 0 Å². The van der Waals surface area contributed by atoms with E-state index in [2.05, 4.69) is 21.2 Å². The van der Waals surface area contributed by atoms with Crippen molar-refractivity contribution in [3.05, 3.63) is 57.8 Å². The van der Waals surface area contributed by atoms with E-state index in [-0.39, 0.29) is 11.3 Å².